The molecule has 2 aromatic carbocycles. The molecule has 2 heterocycles. The number of nitrogens with one attached hydrogen (secondary N) is 3. The van der Waals surface area contributed by atoms with Gasteiger partial charge in [0.1, 0.15) is 11.0 Å². The molecule has 1 aliphatic rings. The lowest BCUT2D eigenvalue weighted by atomic mass is 9.98. The maximum absolute atomic E-state index is 13.1. The zero-order valence-electron chi connectivity index (χ0n) is 19.5. The maximum Gasteiger partial charge on any atom is 0.319 e. The van der Waals surface area contributed by atoms with Crippen LogP contribution in [0.15, 0.2) is 36.4 Å². The topological polar surface area (TPSA) is 114 Å². The van der Waals surface area contributed by atoms with Crippen molar-refractivity contribution >= 4 is 34.1 Å². The molecule has 34 heavy (non-hydrogen) atoms. The number of aromatic nitrogens is 2. The third-order valence-corrected chi connectivity index (χ3v) is 6.80. The highest BCUT2D eigenvalue weighted by molar-refractivity contribution is 7.18. The molecule has 0 radical (unpaired) electrons. The van der Waals surface area contributed by atoms with Crippen LogP contribution in [-0.2, 0) is 4.79 Å². The number of urea groups is 1. The van der Waals surface area contributed by atoms with Gasteiger partial charge in [-0.3, -0.25) is 10.1 Å². The molecule has 3 amide bonds. The van der Waals surface area contributed by atoms with E-state index in [-0.39, 0.29) is 18.6 Å². The van der Waals surface area contributed by atoms with Gasteiger partial charge in [0, 0.05) is 11.3 Å². The SMILES string of the molecule is CCC(C)C(NC(=O)Nc1cccc(C)c1C)C(=O)Nc1nnc(-c2ccc3c(c2)OCO3)s1. The van der Waals surface area contributed by atoms with Crippen molar-refractivity contribution in [2.75, 3.05) is 17.4 Å². The molecular weight excluding hydrogens is 454 g/mol. The number of rotatable bonds is 7. The Balaban J connectivity index is 1.44. The molecule has 2 unspecified atom stereocenters. The number of anilines is 2. The Bertz CT molecular complexity index is 1210. The summed E-state index contributed by atoms with van der Waals surface area (Å²) >= 11 is 1.24. The molecule has 0 saturated heterocycles. The molecule has 3 aromatic rings. The zero-order chi connectivity index (χ0) is 24.2. The number of carbonyl (C=O) groups is 2. The van der Waals surface area contributed by atoms with E-state index >= 15 is 0 Å². The van der Waals surface area contributed by atoms with Crippen molar-refractivity contribution in [3.8, 4) is 22.1 Å². The van der Waals surface area contributed by atoms with Crippen molar-refractivity contribution in [3.05, 3.63) is 47.5 Å². The molecule has 4 rings (SSSR count). The minimum absolute atomic E-state index is 0.0920. The van der Waals surface area contributed by atoms with E-state index in [2.05, 4.69) is 26.1 Å². The second-order valence-corrected chi connectivity index (χ2v) is 9.16. The molecule has 0 fully saturated rings. The van der Waals surface area contributed by atoms with Gasteiger partial charge in [-0.05, 0) is 55.2 Å². The van der Waals surface area contributed by atoms with E-state index in [1.54, 1.807) is 0 Å². The quantitative estimate of drug-likeness (QED) is 0.450. The number of carbonyl (C=O) groups excluding carboxylic acids is 2. The van der Waals surface area contributed by atoms with Crippen LogP contribution >= 0.6 is 11.3 Å². The van der Waals surface area contributed by atoms with Gasteiger partial charge in [0.05, 0.1) is 0 Å². The van der Waals surface area contributed by atoms with E-state index in [0.717, 1.165) is 16.7 Å². The van der Waals surface area contributed by atoms with Gasteiger partial charge < -0.3 is 20.1 Å². The van der Waals surface area contributed by atoms with Gasteiger partial charge in [0.2, 0.25) is 17.8 Å². The van der Waals surface area contributed by atoms with E-state index in [1.165, 1.54) is 11.3 Å². The molecular formula is C24H27N5O4S. The van der Waals surface area contributed by atoms with Crippen LogP contribution in [0.25, 0.3) is 10.6 Å². The summed E-state index contributed by atoms with van der Waals surface area (Å²) in [5, 5.41) is 17.7. The van der Waals surface area contributed by atoms with Crippen LogP contribution in [0.5, 0.6) is 11.5 Å². The Morgan fingerprint density at radius 3 is 2.68 bits per heavy atom. The third kappa shape index (κ3) is 5.12. The third-order valence-electron chi connectivity index (χ3n) is 5.91. The van der Waals surface area contributed by atoms with Gasteiger partial charge in [0.25, 0.3) is 0 Å². The summed E-state index contributed by atoms with van der Waals surface area (Å²) in [6.07, 6.45) is 0.709. The Kier molecular flexibility index (Phi) is 6.97. The number of aryl methyl sites for hydroxylation is 1. The van der Waals surface area contributed by atoms with E-state index in [4.69, 9.17) is 9.47 Å². The Morgan fingerprint density at radius 2 is 1.88 bits per heavy atom. The number of amides is 3. The number of hydrogen-bond acceptors (Lipinski definition) is 7. The lowest BCUT2D eigenvalue weighted by Gasteiger charge is -2.23. The van der Waals surface area contributed by atoms with Crippen LogP contribution in [-0.4, -0.2) is 35.0 Å². The first-order valence-corrected chi connectivity index (χ1v) is 11.9. The van der Waals surface area contributed by atoms with Crippen LogP contribution in [0.4, 0.5) is 15.6 Å². The summed E-state index contributed by atoms with van der Waals surface area (Å²) in [5.74, 6) is 0.891. The molecule has 10 heteroatoms. The molecule has 178 valence electrons. The Hall–Kier alpha value is -3.66. The largest absolute Gasteiger partial charge is 0.454 e. The molecule has 3 N–H and O–H groups in total. The van der Waals surface area contributed by atoms with Crippen LogP contribution in [0, 0.1) is 19.8 Å². The average molecular weight is 482 g/mol. The summed E-state index contributed by atoms with van der Waals surface area (Å²) in [7, 11) is 0. The summed E-state index contributed by atoms with van der Waals surface area (Å²) in [4.78, 5) is 25.8. The summed E-state index contributed by atoms with van der Waals surface area (Å²) < 4.78 is 10.8. The minimum atomic E-state index is -0.743. The van der Waals surface area contributed by atoms with E-state index in [0.29, 0.717) is 33.7 Å². The predicted molar refractivity (Wildman–Crippen MR) is 131 cm³/mol. The number of nitrogens with zero attached hydrogens (tertiary/aromatic N) is 2. The van der Waals surface area contributed by atoms with Gasteiger partial charge in [-0.2, -0.15) is 0 Å². The Morgan fingerprint density at radius 1 is 1.09 bits per heavy atom. The van der Waals surface area contributed by atoms with Crippen molar-refractivity contribution in [3.63, 3.8) is 0 Å². The Labute approximate surface area is 201 Å². The van der Waals surface area contributed by atoms with Crippen LogP contribution in [0.3, 0.4) is 0 Å². The molecule has 2 atom stereocenters. The van der Waals surface area contributed by atoms with Crippen LogP contribution in [0.1, 0.15) is 31.4 Å². The first-order valence-electron chi connectivity index (χ1n) is 11.0. The van der Waals surface area contributed by atoms with Gasteiger partial charge in [0.15, 0.2) is 11.5 Å². The minimum Gasteiger partial charge on any atom is -0.454 e. The van der Waals surface area contributed by atoms with Gasteiger partial charge in [-0.1, -0.05) is 43.7 Å². The number of hydrogen-bond donors (Lipinski definition) is 3. The van der Waals surface area contributed by atoms with Crippen LogP contribution in [0.2, 0.25) is 0 Å². The second kappa shape index (κ2) is 10.1. The predicted octanol–water partition coefficient (Wildman–Crippen LogP) is 4.73. The fourth-order valence-corrected chi connectivity index (χ4v) is 4.23. The first kappa shape index (κ1) is 23.5. The van der Waals surface area contributed by atoms with Crippen molar-refractivity contribution in [1.82, 2.24) is 15.5 Å². The van der Waals surface area contributed by atoms with Crippen molar-refractivity contribution < 1.29 is 19.1 Å². The average Bonchev–Trinajstić information content (AvgIpc) is 3.49. The number of benzene rings is 2. The van der Waals surface area contributed by atoms with Crippen LogP contribution < -0.4 is 25.4 Å². The van der Waals surface area contributed by atoms with Crippen molar-refractivity contribution in [1.29, 1.82) is 0 Å². The molecule has 0 aliphatic carbocycles. The van der Waals surface area contributed by atoms with E-state index in [1.807, 2.05) is 64.1 Å². The number of fused-ring (bicyclic) bond motifs is 1. The molecule has 9 nitrogen and oxygen atoms in total. The lowest BCUT2D eigenvalue weighted by Crippen LogP contribution is -2.49. The summed E-state index contributed by atoms with van der Waals surface area (Å²) in [6.45, 7) is 8.00. The molecule has 0 bridgehead atoms. The van der Waals surface area contributed by atoms with Gasteiger partial charge in [-0.25, -0.2) is 4.79 Å². The van der Waals surface area contributed by atoms with E-state index < -0.39 is 12.1 Å². The fraction of sp³-hybridized carbons (Fsp3) is 0.333. The highest BCUT2D eigenvalue weighted by Crippen LogP contribution is 2.37. The normalized spacial score (nSPS) is 13.8. The summed E-state index contributed by atoms with van der Waals surface area (Å²) in [6, 6.07) is 10.0. The van der Waals surface area contributed by atoms with Crippen molar-refractivity contribution in [2.45, 2.75) is 40.2 Å². The van der Waals surface area contributed by atoms with Gasteiger partial charge in [-0.15, -0.1) is 10.2 Å². The smallest absolute Gasteiger partial charge is 0.319 e. The fourth-order valence-electron chi connectivity index (χ4n) is 3.49. The van der Waals surface area contributed by atoms with Crippen molar-refractivity contribution in [2.24, 2.45) is 5.92 Å². The monoisotopic (exact) mass is 481 g/mol. The standard InChI is InChI=1S/C24H27N5O4S/c1-5-13(2)20(26-23(31)25-17-8-6-7-14(3)15(17)4)21(30)27-24-29-28-22(34-24)16-9-10-18-19(11-16)33-12-32-18/h6-11,13,20H,5,12H2,1-4H3,(H2,25,26,31)(H,27,29,30). The summed E-state index contributed by atoms with van der Waals surface area (Å²) in [5.41, 5.74) is 3.57. The molecule has 0 spiro atoms. The molecule has 1 aliphatic heterocycles. The lowest BCUT2D eigenvalue weighted by molar-refractivity contribution is -0.119. The molecule has 0 saturated carbocycles. The van der Waals surface area contributed by atoms with E-state index in [9.17, 15) is 9.59 Å². The maximum atomic E-state index is 13.1. The second-order valence-electron chi connectivity index (χ2n) is 8.18. The highest BCUT2D eigenvalue weighted by atomic mass is 32.1. The molecule has 1 aromatic heterocycles. The van der Waals surface area contributed by atoms with Gasteiger partial charge >= 0.3 is 6.03 Å². The highest BCUT2D eigenvalue weighted by Gasteiger charge is 2.27. The first-order chi connectivity index (χ1) is 16.4. The zero-order valence-corrected chi connectivity index (χ0v) is 20.3. The number of ether oxygens (including phenoxy) is 2.